The third-order valence-corrected chi connectivity index (χ3v) is 0. The third-order valence-electron chi connectivity index (χ3n) is 0. The summed E-state index contributed by atoms with van der Waals surface area (Å²) in [7, 11) is 1.50. The average Bonchev–Trinajstić information content (AvgIpc) is 1.00. The topological polar surface area (TPSA) is 26.0 Å². The largest absolute Gasteiger partial charge is 0.333 e. The Bertz CT molecular complexity index is 11.6. The second-order valence-electron chi connectivity index (χ2n) is 0. The minimum absolute atomic E-state index is 0. The van der Waals surface area contributed by atoms with Gasteiger partial charge in [0.1, 0.15) is 0 Å². The molecule has 0 saturated heterocycles. The Labute approximate surface area is 87.7 Å². The molecule has 0 rings (SSSR count). The Morgan fingerprint density at radius 1 is 1.20 bits per heavy atom. The van der Waals surface area contributed by atoms with E-state index in [1.807, 2.05) is 0 Å². The van der Waals surface area contributed by atoms with Gasteiger partial charge in [0.05, 0.1) is 0 Å². The Morgan fingerprint density at radius 3 is 1.20 bits per heavy atom. The Morgan fingerprint density at radius 2 is 1.20 bits per heavy atom. The van der Waals surface area contributed by atoms with Gasteiger partial charge in [-0.2, -0.15) is 0 Å². The van der Waals surface area contributed by atoms with E-state index >= 15 is 0 Å². The molecule has 0 fully saturated rings. The molecule has 0 bridgehead atoms. The number of nitrogens with two attached hydrogens (primary N) is 1. The second-order valence-corrected chi connectivity index (χ2v) is 0. The predicted molar refractivity (Wildman–Crippen MR) is 26.2 cm³/mol. The van der Waals surface area contributed by atoms with Crippen LogP contribution < -0.4 is 5.73 Å². The predicted octanol–water partition coefficient (Wildman–Crippen LogP) is -0.230. The number of rotatable bonds is 0. The maximum Gasteiger partial charge on any atom is 0 e. The molecule has 0 aromatic heterocycles. The first kappa shape index (κ1) is 26.2. The fourth-order valence-electron chi connectivity index (χ4n) is 0. The van der Waals surface area contributed by atoms with Gasteiger partial charge in [0.2, 0.25) is 0 Å². The zero-order chi connectivity index (χ0) is 2.00. The maximum absolute atomic E-state index is 4.50. The SMILES string of the molecule is Br.CN.[Ca].[Ti]. The van der Waals surface area contributed by atoms with E-state index in [-0.39, 0.29) is 76.4 Å². The molecule has 2 N–H and O–H groups in total. The average molecular weight is 200 g/mol. The molecule has 0 aliphatic carbocycles. The van der Waals surface area contributed by atoms with Crippen molar-refractivity contribution in [2.45, 2.75) is 0 Å². The van der Waals surface area contributed by atoms with Crippen LogP contribution in [0.25, 0.3) is 0 Å². The summed E-state index contributed by atoms with van der Waals surface area (Å²) in [5, 5.41) is 0. The molecule has 1 nitrogen and oxygen atoms in total. The molecule has 4 heteroatoms. The molecule has 0 atom stereocenters. The van der Waals surface area contributed by atoms with E-state index < -0.39 is 0 Å². The van der Waals surface area contributed by atoms with Crippen LogP contribution in [0.1, 0.15) is 0 Å². The number of hydrogen-bond acceptors (Lipinski definition) is 1. The van der Waals surface area contributed by atoms with Crippen LogP contribution in [0.15, 0.2) is 0 Å². The molecule has 0 unspecified atom stereocenters. The Balaban J connectivity index is -0.00000000167. The van der Waals surface area contributed by atoms with Gasteiger partial charge in [-0.05, 0) is 7.05 Å². The van der Waals surface area contributed by atoms with Crippen LogP contribution >= 0.6 is 17.0 Å². The normalized spacial score (nSPS) is 1.20. The van der Waals surface area contributed by atoms with Gasteiger partial charge in [-0.1, -0.05) is 0 Å². The fraction of sp³-hybridized carbons (Fsp3) is 1.00. The summed E-state index contributed by atoms with van der Waals surface area (Å²) in [4.78, 5) is 0. The number of hydrogen-bond donors (Lipinski definition) is 1. The first-order chi connectivity index (χ1) is 1.00. The number of halogens is 1. The van der Waals surface area contributed by atoms with Crippen LogP contribution in [0.2, 0.25) is 0 Å². The van der Waals surface area contributed by atoms with E-state index in [1.165, 1.54) is 7.05 Å². The standard InChI is InChI=1S/CH5N.BrH.Ca.Ti/c1-2;;;/h2H2,1H3;1H;;. The fourth-order valence-corrected chi connectivity index (χ4v) is 0. The monoisotopic (exact) mass is 199 g/mol. The van der Waals surface area contributed by atoms with Gasteiger partial charge in [-0.25, -0.2) is 0 Å². The van der Waals surface area contributed by atoms with Crippen molar-refractivity contribution in [1.82, 2.24) is 0 Å². The Hall–Kier alpha value is 2.41. The minimum Gasteiger partial charge on any atom is -0.333 e. The van der Waals surface area contributed by atoms with Crippen molar-refractivity contribution >= 4 is 54.7 Å². The van der Waals surface area contributed by atoms with Crippen molar-refractivity contribution in [2.24, 2.45) is 5.73 Å². The van der Waals surface area contributed by atoms with Crippen molar-refractivity contribution in [3.05, 3.63) is 0 Å². The van der Waals surface area contributed by atoms with Gasteiger partial charge in [0, 0.05) is 59.5 Å². The molecule has 0 amide bonds. The van der Waals surface area contributed by atoms with E-state index in [4.69, 9.17) is 0 Å². The summed E-state index contributed by atoms with van der Waals surface area (Å²) in [6.45, 7) is 0. The van der Waals surface area contributed by atoms with E-state index in [0.29, 0.717) is 0 Å². The quantitative estimate of drug-likeness (QED) is 0.537. The van der Waals surface area contributed by atoms with Crippen LogP contribution in [-0.4, -0.2) is 44.8 Å². The van der Waals surface area contributed by atoms with E-state index in [1.54, 1.807) is 0 Å². The molecule has 0 aromatic rings. The van der Waals surface area contributed by atoms with Gasteiger partial charge in [-0.3, -0.25) is 0 Å². The molecular weight excluding hydrogens is 194 g/mol. The molecule has 28 valence electrons. The smallest absolute Gasteiger partial charge is 0 e. The third kappa shape index (κ3) is 21.4. The molecule has 0 aromatic carbocycles. The van der Waals surface area contributed by atoms with Crippen LogP contribution in [0, 0.1) is 0 Å². The van der Waals surface area contributed by atoms with Crippen molar-refractivity contribution in [1.29, 1.82) is 0 Å². The van der Waals surface area contributed by atoms with Gasteiger partial charge in [0.15, 0.2) is 0 Å². The minimum atomic E-state index is 0. The molecule has 0 heterocycles. The van der Waals surface area contributed by atoms with Gasteiger partial charge in [0.25, 0.3) is 0 Å². The van der Waals surface area contributed by atoms with Crippen LogP contribution in [0.4, 0.5) is 0 Å². The molecule has 2 radical (unpaired) electrons. The first-order valence-corrected chi connectivity index (χ1v) is 0.577. The maximum atomic E-state index is 4.50. The molecule has 0 spiro atoms. The van der Waals surface area contributed by atoms with Gasteiger partial charge in [-0.15, -0.1) is 17.0 Å². The zero-order valence-corrected chi connectivity index (χ0v) is 8.68. The van der Waals surface area contributed by atoms with E-state index in [9.17, 15) is 0 Å². The van der Waals surface area contributed by atoms with Crippen LogP contribution in [0.5, 0.6) is 0 Å². The summed E-state index contributed by atoms with van der Waals surface area (Å²) >= 11 is 0. The second kappa shape index (κ2) is 32.3. The Kier molecular flexibility index (Phi) is 169. The van der Waals surface area contributed by atoms with Crippen LogP contribution in [-0.2, 0) is 21.7 Å². The summed E-state index contributed by atoms with van der Waals surface area (Å²) < 4.78 is 0. The van der Waals surface area contributed by atoms with Crippen molar-refractivity contribution in [2.75, 3.05) is 7.05 Å². The van der Waals surface area contributed by atoms with Crippen molar-refractivity contribution < 1.29 is 21.7 Å². The van der Waals surface area contributed by atoms with Crippen molar-refractivity contribution in [3.8, 4) is 0 Å². The van der Waals surface area contributed by atoms with Gasteiger partial charge < -0.3 is 5.73 Å². The molecule has 0 aliphatic rings. The van der Waals surface area contributed by atoms with Gasteiger partial charge >= 0.3 is 0 Å². The zero-order valence-electron chi connectivity index (χ0n) is 3.19. The molecule has 5 heavy (non-hydrogen) atoms. The van der Waals surface area contributed by atoms with Crippen molar-refractivity contribution in [3.63, 3.8) is 0 Å². The first-order valence-electron chi connectivity index (χ1n) is 0.577. The van der Waals surface area contributed by atoms with E-state index in [0.717, 1.165) is 0 Å². The summed E-state index contributed by atoms with van der Waals surface area (Å²) in [6.07, 6.45) is 0. The summed E-state index contributed by atoms with van der Waals surface area (Å²) in [5.41, 5.74) is 4.50. The van der Waals surface area contributed by atoms with E-state index in [2.05, 4.69) is 5.73 Å². The molecule has 0 saturated carbocycles. The van der Waals surface area contributed by atoms with Crippen LogP contribution in [0.3, 0.4) is 0 Å². The molecule has 0 aliphatic heterocycles. The molecular formula is CH6BrCaNTi. The summed E-state index contributed by atoms with van der Waals surface area (Å²) in [5.74, 6) is 0. The summed E-state index contributed by atoms with van der Waals surface area (Å²) in [6, 6.07) is 0.